The highest BCUT2D eigenvalue weighted by molar-refractivity contribution is 9.10. The summed E-state index contributed by atoms with van der Waals surface area (Å²) < 4.78 is 1.21. The van der Waals surface area contributed by atoms with E-state index in [0.29, 0.717) is 6.04 Å². The minimum absolute atomic E-state index is 0.523. The second-order valence-electron chi connectivity index (χ2n) is 5.57. The Hall–Kier alpha value is -1.12. The van der Waals surface area contributed by atoms with Crippen molar-refractivity contribution < 1.29 is 0 Å². The molecule has 0 saturated carbocycles. The van der Waals surface area contributed by atoms with Crippen LogP contribution in [0.3, 0.4) is 0 Å². The van der Waals surface area contributed by atoms with Crippen molar-refractivity contribution in [3.05, 3.63) is 69.7 Å². The third kappa shape index (κ3) is 5.29. The summed E-state index contributed by atoms with van der Waals surface area (Å²) in [4.78, 5) is 0. The summed E-state index contributed by atoms with van der Waals surface area (Å²) in [6.07, 6.45) is 3.36. The van der Waals surface area contributed by atoms with E-state index in [1.807, 2.05) is 0 Å². The van der Waals surface area contributed by atoms with Crippen LogP contribution in [0.4, 0.5) is 0 Å². The van der Waals surface area contributed by atoms with Crippen LogP contribution in [0.5, 0.6) is 0 Å². The molecule has 1 N–H and O–H groups in total. The maximum Gasteiger partial charge on any atom is 0.0207 e. The molecular formula is C19H24BrN. The van der Waals surface area contributed by atoms with Crippen LogP contribution in [0, 0.1) is 6.92 Å². The number of hydrogen-bond acceptors (Lipinski definition) is 1. The zero-order valence-electron chi connectivity index (χ0n) is 12.9. The molecule has 2 aromatic carbocycles. The maximum absolute atomic E-state index is 3.65. The highest BCUT2D eigenvalue weighted by Gasteiger charge is 2.10. The van der Waals surface area contributed by atoms with E-state index in [0.717, 1.165) is 25.8 Å². The molecule has 21 heavy (non-hydrogen) atoms. The summed E-state index contributed by atoms with van der Waals surface area (Å²) >= 11 is 3.65. The van der Waals surface area contributed by atoms with Crippen LogP contribution in [0.2, 0.25) is 0 Å². The molecule has 2 aromatic rings. The highest BCUT2D eigenvalue weighted by Crippen LogP contribution is 2.19. The van der Waals surface area contributed by atoms with Crippen molar-refractivity contribution in [1.82, 2.24) is 5.32 Å². The van der Waals surface area contributed by atoms with E-state index in [9.17, 15) is 0 Å². The SMILES string of the molecule is CCNC(CCc1ccc(C)cc1)Cc1ccccc1Br. The molecular weight excluding hydrogens is 322 g/mol. The Morgan fingerprint density at radius 2 is 1.76 bits per heavy atom. The largest absolute Gasteiger partial charge is 0.314 e. The van der Waals surface area contributed by atoms with E-state index >= 15 is 0 Å². The van der Waals surface area contributed by atoms with Crippen LogP contribution in [0.1, 0.15) is 30.0 Å². The number of halogens is 1. The zero-order valence-corrected chi connectivity index (χ0v) is 14.5. The summed E-state index contributed by atoms with van der Waals surface area (Å²) in [5.41, 5.74) is 4.14. The van der Waals surface area contributed by atoms with Crippen LogP contribution in [-0.4, -0.2) is 12.6 Å². The summed E-state index contributed by atoms with van der Waals surface area (Å²) in [6, 6.07) is 17.9. The molecule has 0 aliphatic carbocycles. The van der Waals surface area contributed by atoms with Crippen LogP contribution in [0.15, 0.2) is 53.0 Å². The van der Waals surface area contributed by atoms with Gasteiger partial charge in [0.2, 0.25) is 0 Å². The fraction of sp³-hybridized carbons (Fsp3) is 0.368. The average Bonchev–Trinajstić information content (AvgIpc) is 2.49. The number of rotatable bonds is 7. The molecule has 1 unspecified atom stereocenters. The van der Waals surface area contributed by atoms with Crippen molar-refractivity contribution in [2.24, 2.45) is 0 Å². The molecule has 0 saturated heterocycles. The monoisotopic (exact) mass is 345 g/mol. The van der Waals surface area contributed by atoms with Gasteiger partial charge in [-0.1, -0.05) is 70.9 Å². The second-order valence-corrected chi connectivity index (χ2v) is 6.43. The van der Waals surface area contributed by atoms with Gasteiger partial charge in [0.15, 0.2) is 0 Å². The van der Waals surface area contributed by atoms with E-state index in [-0.39, 0.29) is 0 Å². The van der Waals surface area contributed by atoms with Crippen LogP contribution in [-0.2, 0) is 12.8 Å². The Kier molecular flexibility index (Phi) is 6.47. The lowest BCUT2D eigenvalue weighted by molar-refractivity contribution is 0.490. The first-order chi connectivity index (χ1) is 10.2. The van der Waals surface area contributed by atoms with Crippen molar-refractivity contribution in [2.75, 3.05) is 6.54 Å². The quantitative estimate of drug-likeness (QED) is 0.751. The van der Waals surface area contributed by atoms with E-state index < -0.39 is 0 Å². The average molecular weight is 346 g/mol. The molecule has 0 spiro atoms. The molecule has 112 valence electrons. The molecule has 2 heteroatoms. The second kappa shape index (κ2) is 8.35. The molecule has 0 bridgehead atoms. The first-order valence-corrected chi connectivity index (χ1v) is 8.50. The fourth-order valence-electron chi connectivity index (χ4n) is 2.59. The molecule has 1 atom stereocenters. The minimum Gasteiger partial charge on any atom is -0.314 e. The molecule has 0 aliphatic rings. The van der Waals surface area contributed by atoms with E-state index in [4.69, 9.17) is 0 Å². The first-order valence-electron chi connectivity index (χ1n) is 7.71. The van der Waals surface area contributed by atoms with Crippen molar-refractivity contribution in [1.29, 1.82) is 0 Å². The lowest BCUT2D eigenvalue weighted by Crippen LogP contribution is -2.31. The van der Waals surface area contributed by atoms with Gasteiger partial charge < -0.3 is 5.32 Å². The molecule has 0 fully saturated rings. The van der Waals surface area contributed by atoms with E-state index in [1.165, 1.54) is 21.2 Å². The summed E-state index contributed by atoms with van der Waals surface area (Å²) in [5.74, 6) is 0. The van der Waals surface area contributed by atoms with Gasteiger partial charge in [-0.2, -0.15) is 0 Å². The first kappa shape index (κ1) is 16.3. The van der Waals surface area contributed by atoms with E-state index in [2.05, 4.69) is 83.6 Å². The molecule has 0 heterocycles. The van der Waals surface area contributed by atoms with Crippen LogP contribution >= 0.6 is 15.9 Å². The van der Waals surface area contributed by atoms with Gasteiger partial charge in [0.1, 0.15) is 0 Å². The van der Waals surface area contributed by atoms with Gasteiger partial charge in [0.05, 0.1) is 0 Å². The Labute approximate surface area is 136 Å². The Bertz CT molecular complexity index is 548. The fourth-order valence-corrected chi connectivity index (χ4v) is 3.04. The maximum atomic E-state index is 3.65. The van der Waals surface area contributed by atoms with Gasteiger partial charge in [-0.05, 0) is 49.9 Å². The van der Waals surface area contributed by atoms with Crippen LogP contribution < -0.4 is 5.32 Å². The number of benzene rings is 2. The highest BCUT2D eigenvalue weighted by atomic mass is 79.9. The van der Waals surface area contributed by atoms with Crippen molar-refractivity contribution in [3.8, 4) is 0 Å². The smallest absolute Gasteiger partial charge is 0.0207 e. The predicted molar refractivity (Wildman–Crippen MR) is 94.8 cm³/mol. The summed E-state index contributed by atoms with van der Waals surface area (Å²) in [5, 5.41) is 3.62. The summed E-state index contributed by atoms with van der Waals surface area (Å²) in [6.45, 7) is 5.33. The molecule has 0 radical (unpaired) electrons. The number of likely N-dealkylation sites (N-methyl/N-ethyl adjacent to an activating group) is 1. The van der Waals surface area contributed by atoms with Gasteiger partial charge in [-0.25, -0.2) is 0 Å². The molecule has 0 aliphatic heterocycles. The standard InChI is InChI=1S/C19H24BrN/c1-3-21-18(14-17-6-4-5-7-19(17)20)13-12-16-10-8-15(2)9-11-16/h4-11,18,21H,3,12-14H2,1-2H3. The lowest BCUT2D eigenvalue weighted by Gasteiger charge is -2.19. The predicted octanol–water partition coefficient (Wildman–Crippen LogP) is 4.91. The zero-order chi connectivity index (χ0) is 15.1. The van der Waals surface area contributed by atoms with Gasteiger partial charge >= 0.3 is 0 Å². The Morgan fingerprint density at radius 1 is 1.05 bits per heavy atom. The molecule has 1 nitrogen and oxygen atoms in total. The van der Waals surface area contributed by atoms with Gasteiger partial charge in [-0.15, -0.1) is 0 Å². The Balaban J connectivity index is 1.95. The van der Waals surface area contributed by atoms with Gasteiger partial charge in [-0.3, -0.25) is 0 Å². The van der Waals surface area contributed by atoms with Crippen molar-refractivity contribution in [3.63, 3.8) is 0 Å². The van der Waals surface area contributed by atoms with E-state index in [1.54, 1.807) is 0 Å². The molecule has 0 aromatic heterocycles. The third-order valence-electron chi connectivity index (χ3n) is 3.82. The van der Waals surface area contributed by atoms with Crippen molar-refractivity contribution in [2.45, 2.75) is 39.2 Å². The minimum atomic E-state index is 0.523. The molecule has 2 rings (SSSR count). The molecule has 0 amide bonds. The lowest BCUT2D eigenvalue weighted by atomic mass is 9.98. The summed E-state index contributed by atoms with van der Waals surface area (Å²) in [7, 11) is 0. The topological polar surface area (TPSA) is 12.0 Å². The number of hydrogen-bond donors (Lipinski definition) is 1. The third-order valence-corrected chi connectivity index (χ3v) is 4.59. The number of nitrogens with one attached hydrogen (secondary N) is 1. The Morgan fingerprint density at radius 3 is 2.43 bits per heavy atom. The van der Waals surface area contributed by atoms with Crippen LogP contribution in [0.25, 0.3) is 0 Å². The number of aryl methyl sites for hydroxylation is 2. The van der Waals surface area contributed by atoms with Gasteiger partial charge in [0, 0.05) is 10.5 Å². The van der Waals surface area contributed by atoms with Gasteiger partial charge in [0.25, 0.3) is 0 Å². The van der Waals surface area contributed by atoms with Crippen molar-refractivity contribution >= 4 is 15.9 Å². The normalized spacial score (nSPS) is 12.3.